The molecule has 4 nitrogen and oxygen atoms in total. The van der Waals surface area contributed by atoms with Crippen molar-refractivity contribution < 1.29 is 0 Å². The standard InChI is InChI=1S/C45H32N4/c1-3-12-41-33(4-2)36-13-5-8-18-42(36)48(41)32-24-22-31(23-25-32)34-16-11-17-35(40(34)29-47)39-27-30(28-46)21-26-45(39)49-43-19-9-6-14-37(43)38-15-7-10-20-44(38)49/h4-11,13-27H,2-3,12H2,1H3. The van der Waals surface area contributed by atoms with Crippen LogP contribution in [0.5, 0.6) is 0 Å². The molecule has 232 valence electrons. The highest BCUT2D eigenvalue weighted by atomic mass is 15.0. The molecule has 6 aromatic carbocycles. The minimum atomic E-state index is 0.541. The van der Waals surface area contributed by atoms with Crippen LogP contribution in [0, 0.1) is 22.7 Å². The van der Waals surface area contributed by atoms with Gasteiger partial charge in [-0.25, -0.2) is 0 Å². The van der Waals surface area contributed by atoms with Crippen molar-refractivity contribution in [3.05, 3.63) is 162 Å². The van der Waals surface area contributed by atoms with Crippen LogP contribution in [-0.4, -0.2) is 9.13 Å². The molecule has 0 aliphatic carbocycles. The summed E-state index contributed by atoms with van der Waals surface area (Å²) >= 11 is 0. The van der Waals surface area contributed by atoms with Crippen molar-refractivity contribution in [2.45, 2.75) is 19.8 Å². The third kappa shape index (κ3) is 4.74. The lowest BCUT2D eigenvalue weighted by molar-refractivity contribution is 0.851. The highest BCUT2D eigenvalue weighted by Gasteiger charge is 2.20. The molecule has 0 atom stereocenters. The summed E-state index contributed by atoms with van der Waals surface area (Å²) in [5, 5.41) is 24.2. The minimum Gasteiger partial charge on any atom is -0.313 e. The van der Waals surface area contributed by atoms with Crippen LogP contribution in [0.4, 0.5) is 0 Å². The second-order valence-corrected chi connectivity index (χ2v) is 12.3. The molecular formula is C45H32N4. The molecule has 2 heterocycles. The van der Waals surface area contributed by atoms with Crippen LogP contribution in [0.2, 0.25) is 0 Å². The summed E-state index contributed by atoms with van der Waals surface area (Å²) in [5.41, 5.74) is 12.2. The van der Waals surface area contributed by atoms with Crippen LogP contribution in [0.1, 0.15) is 35.7 Å². The van der Waals surface area contributed by atoms with E-state index in [0.29, 0.717) is 11.1 Å². The Balaban J connectivity index is 1.30. The number of aromatic nitrogens is 2. The van der Waals surface area contributed by atoms with Crippen molar-refractivity contribution in [1.82, 2.24) is 9.13 Å². The van der Waals surface area contributed by atoms with Gasteiger partial charge in [0.15, 0.2) is 0 Å². The molecule has 0 aliphatic rings. The highest BCUT2D eigenvalue weighted by molar-refractivity contribution is 6.10. The summed E-state index contributed by atoms with van der Waals surface area (Å²) in [6, 6.07) is 50.3. The Morgan fingerprint density at radius 1 is 0.612 bits per heavy atom. The molecule has 0 saturated heterocycles. The topological polar surface area (TPSA) is 57.4 Å². The molecule has 0 unspecified atom stereocenters. The number of hydrogen-bond acceptors (Lipinski definition) is 2. The van der Waals surface area contributed by atoms with E-state index in [4.69, 9.17) is 0 Å². The van der Waals surface area contributed by atoms with Crippen molar-refractivity contribution in [1.29, 1.82) is 10.5 Å². The molecule has 8 aromatic rings. The Hall–Kier alpha value is -6.62. The predicted molar refractivity (Wildman–Crippen MR) is 202 cm³/mol. The predicted octanol–water partition coefficient (Wildman–Crippen LogP) is 11.4. The van der Waals surface area contributed by atoms with Gasteiger partial charge in [-0.15, -0.1) is 0 Å². The molecule has 0 aliphatic heterocycles. The number of fused-ring (bicyclic) bond motifs is 4. The number of nitrogens with zero attached hydrogens (tertiary/aromatic N) is 4. The quantitative estimate of drug-likeness (QED) is 0.176. The van der Waals surface area contributed by atoms with E-state index < -0.39 is 0 Å². The van der Waals surface area contributed by atoms with Gasteiger partial charge >= 0.3 is 0 Å². The average molecular weight is 629 g/mol. The second-order valence-electron chi connectivity index (χ2n) is 12.3. The molecule has 0 amide bonds. The summed E-state index contributed by atoms with van der Waals surface area (Å²) in [6.45, 7) is 6.34. The number of para-hydroxylation sites is 3. The smallest absolute Gasteiger partial charge is 0.100 e. The number of nitriles is 2. The van der Waals surface area contributed by atoms with Gasteiger partial charge in [0.1, 0.15) is 6.07 Å². The first-order chi connectivity index (χ1) is 24.2. The summed E-state index contributed by atoms with van der Waals surface area (Å²) in [6.07, 6.45) is 3.93. The van der Waals surface area contributed by atoms with Gasteiger partial charge in [0, 0.05) is 49.8 Å². The third-order valence-corrected chi connectivity index (χ3v) is 9.56. The van der Waals surface area contributed by atoms with E-state index >= 15 is 0 Å². The van der Waals surface area contributed by atoms with E-state index in [0.717, 1.165) is 73.8 Å². The van der Waals surface area contributed by atoms with E-state index in [2.05, 4.69) is 120 Å². The number of rotatable bonds is 7. The zero-order chi connectivity index (χ0) is 33.5. The maximum absolute atomic E-state index is 10.8. The van der Waals surface area contributed by atoms with Crippen LogP contribution in [-0.2, 0) is 6.42 Å². The van der Waals surface area contributed by atoms with Crippen molar-refractivity contribution in [3.8, 4) is 45.8 Å². The summed E-state index contributed by atoms with van der Waals surface area (Å²) < 4.78 is 4.59. The molecule has 0 saturated carbocycles. The SMILES string of the molecule is C=Cc1c(CCC)n(-c2ccc(-c3cccc(-c4cc(C#N)ccc4-n4c5ccccc5c5ccccc54)c3C#N)cc2)c2ccccc12. The van der Waals surface area contributed by atoms with Gasteiger partial charge in [-0.3, -0.25) is 0 Å². The first-order valence-electron chi connectivity index (χ1n) is 16.6. The molecule has 49 heavy (non-hydrogen) atoms. The molecule has 2 aromatic heterocycles. The van der Waals surface area contributed by atoms with E-state index in [1.807, 2.05) is 54.6 Å². The van der Waals surface area contributed by atoms with Crippen LogP contribution in [0.3, 0.4) is 0 Å². The number of hydrogen-bond donors (Lipinski definition) is 0. The minimum absolute atomic E-state index is 0.541. The molecule has 0 bridgehead atoms. The van der Waals surface area contributed by atoms with Crippen LogP contribution in [0.15, 0.2) is 140 Å². The first-order valence-corrected chi connectivity index (χ1v) is 16.6. The first kappa shape index (κ1) is 29.8. The Labute approximate surface area is 285 Å². The fraction of sp³-hybridized carbons (Fsp3) is 0.0667. The normalized spacial score (nSPS) is 11.2. The fourth-order valence-corrected chi connectivity index (χ4v) is 7.45. The van der Waals surface area contributed by atoms with Crippen molar-refractivity contribution >= 4 is 38.8 Å². The summed E-state index contributed by atoms with van der Waals surface area (Å²) in [7, 11) is 0. The average Bonchev–Trinajstić information content (AvgIpc) is 3.66. The summed E-state index contributed by atoms with van der Waals surface area (Å²) in [4.78, 5) is 0. The highest BCUT2D eigenvalue weighted by Crippen LogP contribution is 2.40. The van der Waals surface area contributed by atoms with Crippen molar-refractivity contribution in [2.75, 3.05) is 0 Å². The lowest BCUT2D eigenvalue weighted by Crippen LogP contribution is -2.01. The summed E-state index contributed by atoms with van der Waals surface area (Å²) in [5.74, 6) is 0. The molecule has 0 radical (unpaired) electrons. The van der Waals surface area contributed by atoms with Crippen LogP contribution < -0.4 is 0 Å². The van der Waals surface area contributed by atoms with Gasteiger partial charge in [-0.1, -0.05) is 111 Å². The Bertz CT molecular complexity index is 2600. The zero-order valence-electron chi connectivity index (χ0n) is 27.2. The van der Waals surface area contributed by atoms with E-state index in [-0.39, 0.29) is 0 Å². The maximum atomic E-state index is 10.8. The van der Waals surface area contributed by atoms with Gasteiger partial charge in [0.05, 0.1) is 39.4 Å². The molecule has 0 N–H and O–H groups in total. The van der Waals surface area contributed by atoms with Gasteiger partial charge in [-0.05, 0) is 60.5 Å². The van der Waals surface area contributed by atoms with Gasteiger partial charge < -0.3 is 9.13 Å². The molecular weight excluding hydrogens is 597 g/mol. The van der Waals surface area contributed by atoms with Crippen LogP contribution in [0.25, 0.3) is 72.4 Å². The van der Waals surface area contributed by atoms with E-state index in [9.17, 15) is 10.5 Å². The molecule has 4 heteroatoms. The van der Waals surface area contributed by atoms with Gasteiger partial charge in [0.25, 0.3) is 0 Å². The molecule has 0 fully saturated rings. The monoisotopic (exact) mass is 628 g/mol. The second kappa shape index (κ2) is 12.2. The van der Waals surface area contributed by atoms with Gasteiger partial charge in [0.2, 0.25) is 0 Å². The van der Waals surface area contributed by atoms with Crippen molar-refractivity contribution in [3.63, 3.8) is 0 Å². The third-order valence-electron chi connectivity index (χ3n) is 9.56. The lowest BCUT2D eigenvalue weighted by atomic mass is 9.91. The Morgan fingerprint density at radius 3 is 1.84 bits per heavy atom. The van der Waals surface area contributed by atoms with Crippen molar-refractivity contribution in [2.24, 2.45) is 0 Å². The zero-order valence-corrected chi connectivity index (χ0v) is 27.2. The molecule has 0 spiro atoms. The fourth-order valence-electron chi connectivity index (χ4n) is 7.45. The Kier molecular flexibility index (Phi) is 7.41. The lowest BCUT2D eigenvalue weighted by Gasteiger charge is -2.17. The largest absolute Gasteiger partial charge is 0.313 e. The molecule has 8 rings (SSSR count). The number of benzene rings is 6. The van der Waals surface area contributed by atoms with E-state index in [1.54, 1.807) is 0 Å². The Morgan fingerprint density at radius 2 is 1.22 bits per heavy atom. The van der Waals surface area contributed by atoms with Crippen LogP contribution >= 0.6 is 0 Å². The maximum Gasteiger partial charge on any atom is 0.100 e. The van der Waals surface area contributed by atoms with E-state index in [1.165, 1.54) is 16.6 Å². The van der Waals surface area contributed by atoms with Gasteiger partial charge in [-0.2, -0.15) is 10.5 Å².